The van der Waals surface area contributed by atoms with Crippen molar-refractivity contribution >= 4 is 46.9 Å². The van der Waals surface area contributed by atoms with E-state index in [4.69, 9.17) is 28.3 Å². The van der Waals surface area contributed by atoms with Crippen molar-refractivity contribution < 1.29 is 24.2 Å². The summed E-state index contributed by atoms with van der Waals surface area (Å²) in [5.41, 5.74) is -0.359. The van der Waals surface area contributed by atoms with Crippen LogP contribution in [0.15, 0.2) is 12.1 Å². The van der Waals surface area contributed by atoms with Gasteiger partial charge in [0.25, 0.3) is 0 Å². The minimum absolute atomic E-state index is 0.0280. The predicted molar refractivity (Wildman–Crippen MR) is 77.1 cm³/mol. The van der Waals surface area contributed by atoms with Crippen LogP contribution in [0.2, 0.25) is 10.0 Å². The van der Waals surface area contributed by atoms with E-state index in [-0.39, 0.29) is 27.8 Å². The summed E-state index contributed by atoms with van der Waals surface area (Å²) in [6.45, 7) is -0.296. The molecule has 0 spiro atoms. The number of halogens is 2. The number of esters is 1. The van der Waals surface area contributed by atoms with Gasteiger partial charge in [0.1, 0.15) is 6.54 Å². The van der Waals surface area contributed by atoms with E-state index in [1.165, 1.54) is 20.2 Å². The number of aromatic carboxylic acids is 1. The standard InChI is InChI=1S/C12H12Cl2N2O5/c1-16(5-9(17)21-2)12(20)15-10-7(11(18)19)3-6(13)4-8(10)14/h3-4H,5H2,1-2H3,(H,15,20)(H,18,19). The number of carboxylic acid groups (broad SMARTS) is 1. The maximum Gasteiger partial charge on any atom is 0.337 e. The first-order valence-electron chi connectivity index (χ1n) is 5.57. The summed E-state index contributed by atoms with van der Waals surface area (Å²) in [6, 6.07) is 1.74. The SMILES string of the molecule is COC(=O)CN(C)C(=O)Nc1c(Cl)cc(Cl)cc1C(=O)O. The number of methoxy groups -OCH3 is 1. The van der Waals surface area contributed by atoms with Crippen LogP contribution in [0.5, 0.6) is 0 Å². The molecule has 0 aliphatic rings. The van der Waals surface area contributed by atoms with Gasteiger partial charge < -0.3 is 20.1 Å². The van der Waals surface area contributed by atoms with Crippen LogP contribution < -0.4 is 5.32 Å². The second-order valence-electron chi connectivity index (χ2n) is 3.98. The predicted octanol–water partition coefficient (Wildman–Crippen LogP) is 2.33. The van der Waals surface area contributed by atoms with Crippen LogP contribution in [0.4, 0.5) is 10.5 Å². The molecule has 7 nitrogen and oxygen atoms in total. The van der Waals surface area contributed by atoms with Gasteiger partial charge in [-0.3, -0.25) is 4.79 Å². The lowest BCUT2D eigenvalue weighted by Crippen LogP contribution is -2.36. The molecule has 9 heteroatoms. The Kier molecular flexibility index (Phi) is 5.80. The Labute approximate surface area is 130 Å². The molecule has 0 aliphatic heterocycles. The molecule has 0 fully saturated rings. The van der Waals surface area contributed by atoms with Gasteiger partial charge in [0.15, 0.2) is 0 Å². The molecule has 0 saturated heterocycles. The van der Waals surface area contributed by atoms with Crippen LogP contribution in [0, 0.1) is 0 Å². The zero-order valence-corrected chi connectivity index (χ0v) is 12.7. The van der Waals surface area contributed by atoms with Gasteiger partial charge in [0, 0.05) is 12.1 Å². The Morgan fingerprint density at radius 1 is 1.33 bits per heavy atom. The van der Waals surface area contributed by atoms with E-state index in [9.17, 15) is 14.4 Å². The fourth-order valence-corrected chi connectivity index (χ4v) is 1.94. The number of likely N-dealkylation sites (N-methyl/N-ethyl adjacent to an activating group) is 1. The van der Waals surface area contributed by atoms with Crippen molar-refractivity contribution in [3.05, 3.63) is 27.7 Å². The fourth-order valence-electron chi connectivity index (χ4n) is 1.40. The number of hydrogen-bond acceptors (Lipinski definition) is 4. The zero-order chi connectivity index (χ0) is 16.2. The lowest BCUT2D eigenvalue weighted by atomic mass is 10.2. The molecule has 2 N–H and O–H groups in total. The van der Waals surface area contributed by atoms with E-state index >= 15 is 0 Å². The molecule has 1 rings (SSSR count). The number of nitrogens with zero attached hydrogens (tertiary/aromatic N) is 1. The largest absolute Gasteiger partial charge is 0.478 e. The number of carbonyl (C=O) groups is 3. The summed E-state index contributed by atoms with van der Waals surface area (Å²) in [6.07, 6.45) is 0. The molecule has 2 amide bonds. The minimum atomic E-state index is -1.30. The van der Waals surface area contributed by atoms with Gasteiger partial charge >= 0.3 is 18.0 Å². The molecule has 0 atom stereocenters. The molecule has 0 unspecified atom stereocenters. The fraction of sp³-hybridized carbons (Fsp3) is 0.250. The van der Waals surface area contributed by atoms with E-state index < -0.39 is 18.0 Å². The smallest absolute Gasteiger partial charge is 0.337 e. The Balaban J connectivity index is 2.99. The quantitative estimate of drug-likeness (QED) is 0.824. The normalized spacial score (nSPS) is 9.90. The lowest BCUT2D eigenvalue weighted by molar-refractivity contribution is -0.140. The Hall–Kier alpha value is -1.99. The van der Waals surface area contributed by atoms with Gasteiger partial charge in [-0.25, -0.2) is 9.59 Å². The highest BCUT2D eigenvalue weighted by molar-refractivity contribution is 6.37. The third-order valence-electron chi connectivity index (χ3n) is 2.46. The van der Waals surface area contributed by atoms with Gasteiger partial charge in [0.05, 0.1) is 23.4 Å². The highest BCUT2D eigenvalue weighted by atomic mass is 35.5. The van der Waals surface area contributed by atoms with Crippen molar-refractivity contribution in [3.63, 3.8) is 0 Å². The molecular weight excluding hydrogens is 323 g/mol. The van der Waals surface area contributed by atoms with Gasteiger partial charge in [-0.15, -0.1) is 0 Å². The van der Waals surface area contributed by atoms with E-state index in [0.29, 0.717) is 0 Å². The molecule has 0 heterocycles. The second kappa shape index (κ2) is 7.14. The topological polar surface area (TPSA) is 95.9 Å². The van der Waals surface area contributed by atoms with Crippen LogP contribution >= 0.6 is 23.2 Å². The summed E-state index contributed by atoms with van der Waals surface area (Å²) in [5, 5.41) is 11.5. The number of hydrogen-bond donors (Lipinski definition) is 2. The monoisotopic (exact) mass is 334 g/mol. The maximum atomic E-state index is 11.9. The number of carboxylic acids is 1. The Bertz CT molecular complexity index is 591. The van der Waals surface area contributed by atoms with Crippen LogP contribution in [0.25, 0.3) is 0 Å². The third kappa shape index (κ3) is 4.51. The molecule has 0 radical (unpaired) electrons. The zero-order valence-electron chi connectivity index (χ0n) is 11.1. The number of urea groups is 1. The molecule has 114 valence electrons. The van der Waals surface area contributed by atoms with E-state index in [2.05, 4.69) is 10.1 Å². The van der Waals surface area contributed by atoms with Gasteiger partial charge in [-0.05, 0) is 12.1 Å². The average Bonchev–Trinajstić information content (AvgIpc) is 2.40. The van der Waals surface area contributed by atoms with Crippen molar-refractivity contribution in [2.45, 2.75) is 0 Å². The number of benzene rings is 1. The Morgan fingerprint density at radius 3 is 2.48 bits per heavy atom. The molecule has 0 saturated carbocycles. The van der Waals surface area contributed by atoms with E-state index in [1.807, 2.05) is 0 Å². The van der Waals surface area contributed by atoms with Crippen molar-refractivity contribution in [1.29, 1.82) is 0 Å². The molecule has 1 aromatic carbocycles. The van der Waals surface area contributed by atoms with Crippen molar-refractivity contribution in [3.8, 4) is 0 Å². The summed E-state index contributed by atoms with van der Waals surface area (Å²) in [4.78, 5) is 35.1. The molecule has 1 aromatic rings. The summed E-state index contributed by atoms with van der Waals surface area (Å²) in [5.74, 6) is -1.92. The molecule has 21 heavy (non-hydrogen) atoms. The number of anilines is 1. The number of ether oxygens (including phenoxy) is 1. The molecule has 0 aliphatic carbocycles. The molecule has 0 bridgehead atoms. The van der Waals surface area contributed by atoms with Crippen molar-refractivity contribution in [2.24, 2.45) is 0 Å². The molecule has 0 aromatic heterocycles. The average molecular weight is 335 g/mol. The van der Waals surface area contributed by atoms with Crippen LogP contribution in [0.3, 0.4) is 0 Å². The Morgan fingerprint density at radius 2 is 1.95 bits per heavy atom. The van der Waals surface area contributed by atoms with Gasteiger partial charge in [-0.1, -0.05) is 23.2 Å². The van der Waals surface area contributed by atoms with Crippen molar-refractivity contribution in [2.75, 3.05) is 26.0 Å². The minimum Gasteiger partial charge on any atom is -0.478 e. The number of nitrogens with one attached hydrogen (secondary N) is 1. The maximum absolute atomic E-state index is 11.9. The van der Waals surface area contributed by atoms with E-state index in [1.54, 1.807) is 0 Å². The van der Waals surface area contributed by atoms with Crippen molar-refractivity contribution in [1.82, 2.24) is 4.90 Å². The van der Waals surface area contributed by atoms with Gasteiger partial charge in [-0.2, -0.15) is 0 Å². The van der Waals surface area contributed by atoms with Crippen LogP contribution in [-0.2, 0) is 9.53 Å². The highest BCUT2D eigenvalue weighted by Gasteiger charge is 2.20. The summed E-state index contributed by atoms with van der Waals surface area (Å²) >= 11 is 11.6. The van der Waals surface area contributed by atoms with Crippen LogP contribution in [0.1, 0.15) is 10.4 Å². The second-order valence-corrected chi connectivity index (χ2v) is 4.82. The summed E-state index contributed by atoms with van der Waals surface area (Å²) < 4.78 is 4.42. The number of rotatable bonds is 4. The first-order chi connectivity index (χ1) is 9.76. The third-order valence-corrected chi connectivity index (χ3v) is 2.97. The van der Waals surface area contributed by atoms with Gasteiger partial charge in [0.2, 0.25) is 0 Å². The number of amides is 2. The number of carbonyl (C=O) groups excluding carboxylic acids is 2. The van der Waals surface area contributed by atoms with E-state index in [0.717, 1.165) is 11.0 Å². The highest BCUT2D eigenvalue weighted by Crippen LogP contribution is 2.30. The van der Waals surface area contributed by atoms with Crippen LogP contribution in [-0.4, -0.2) is 48.7 Å². The first kappa shape index (κ1) is 17.1. The molecular formula is C12H12Cl2N2O5. The first-order valence-corrected chi connectivity index (χ1v) is 6.33. The summed E-state index contributed by atoms with van der Waals surface area (Å²) in [7, 11) is 2.53. The lowest BCUT2D eigenvalue weighted by Gasteiger charge is -2.18.